The molecule has 6 rings (SSSR count). The first-order chi connectivity index (χ1) is 28.9. The fraction of sp³-hybridized carbons (Fsp3) is 0.702. The smallest absolute Gasteiger partial charge is 0.408 e. The molecule has 2 aromatic carbocycles. The van der Waals surface area contributed by atoms with Gasteiger partial charge in [0.2, 0.25) is 0 Å². The van der Waals surface area contributed by atoms with Crippen LogP contribution in [0.4, 0.5) is 4.79 Å². The summed E-state index contributed by atoms with van der Waals surface area (Å²) in [6.45, 7) is 17.3. The lowest BCUT2D eigenvalue weighted by Gasteiger charge is -2.49. The van der Waals surface area contributed by atoms with Crippen LogP contribution in [0.15, 0.2) is 42.5 Å². The number of nitrogens with zero attached hydrogens (tertiary/aromatic N) is 1. The topological polar surface area (TPSA) is 160 Å². The number of ether oxygens (including phenoxy) is 7. The van der Waals surface area contributed by atoms with Gasteiger partial charge >= 0.3 is 18.0 Å². The second-order valence-electron chi connectivity index (χ2n) is 18.6. The summed E-state index contributed by atoms with van der Waals surface area (Å²) in [6.07, 6.45) is -3.32. The molecule has 15 atom stereocenters. The Morgan fingerprint density at radius 3 is 2.41 bits per heavy atom. The number of rotatable bonds is 9. The molecule has 0 saturated carbocycles. The maximum absolute atomic E-state index is 14.7. The highest BCUT2D eigenvalue weighted by molar-refractivity contribution is 5.86. The van der Waals surface area contributed by atoms with Gasteiger partial charge in [0.15, 0.2) is 18.0 Å². The van der Waals surface area contributed by atoms with E-state index in [1.54, 1.807) is 20.8 Å². The maximum Gasteiger partial charge on any atom is 0.408 e. The number of alkyl carbamates (subject to hydrolysis) is 1. The molecule has 4 saturated heterocycles. The van der Waals surface area contributed by atoms with Gasteiger partial charge in [-0.05, 0) is 90.4 Å². The Kier molecular flexibility index (Phi) is 14.9. The first kappa shape index (κ1) is 46.8. The largest absolute Gasteiger partial charge is 0.458 e. The molecule has 2 bridgehead atoms. The second kappa shape index (κ2) is 19.4. The summed E-state index contributed by atoms with van der Waals surface area (Å²) in [6, 6.07) is 13.3. The second-order valence-corrected chi connectivity index (χ2v) is 18.6. The Morgan fingerprint density at radius 2 is 1.70 bits per heavy atom. The van der Waals surface area contributed by atoms with Crippen molar-refractivity contribution >= 4 is 34.6 Å². The Labute approximate surface area is 361 Å². The number of ketones is 1. The van der Waals surface area contributed by atoms with E-state index in [0.29, 0.717) is 19.4 Å². The van der Waals surface area contributed by atoms with Crippen molar-refractivity contribution in [1.29, 1.82) is 0 Å². The van der Waals surface area contributed by atoms with E-state index in [1.165, 1.54) is 23.3 Å². The molecule has 338 valence electrons. The minimum Gasteiger partial charge on any atom is -0.458 e. The van der Waals surface area contributed by atoms with Crippen LogP contribution in [-0.4, -0.2) is 129 Å². The molecule has 0 radical (unpaired) electrons. The van der Waals surface area contributed by atoms with Gasteiger partial charge < -0.3 is 48.7 Å². The van der Waals surface area contributed by atoms with Gasteiger partial charge in [0.05, 0.1) is 61.2 Å². The van der Waals surface area contributed by atoms with Gasteiger partial charge in [0.25, 0.3) is 0 Å². The number of hydrogen-bond donors (Lipinski definition) is 2. The summed E-state index contributed by atoms with van der Waals surface area (Å²) in [5.74, 6) is -3.82. The maximum atomic E-state index is 14.7. The average Bonchev–Trinajstić information content (AvgIpc) is 3.55. The number of cyclic esters (lactones) is 1. The van der Waals surface area contributed by atoms with E-state index < -0.39 is 89.7 Å². The van der Waals surface area contributed by atoms with Crippen molar-refractivity contribution in [3.05, 3.63) is 48.0 Å². The lowest BCUT2D eigenvalue weighted by molar-refractivity contribution is -0.304. The van der Waals surface area contributed by atoms with E-state index in [9.17, 15) is 19.2 Å². The van der Waals surface area contributed by atoms with Crippen molar-refractivity contribution in [3.63, 3.8) is 0 Å². The van der Waals surface area contributed by atoms with Crippen LogP contribution >= 0.6 is 0 Å². The van der Waals surface area contributed by atoms with Gasteiger partial charge in [-0.3, -0.25) is 14.4 Å². The van der Waals surface area contributed by atoms with Gasteiger partial charge in [-0.15, -0.1) is 0 Å². The summed E-state index contributed by atoms with van der Waals surface area (Å²) in [5, 5.41) is 8.93. The molecule has 4 aliphatic rings. The first-order valence-electron chi connectivity index (χ1n) is 22.2. The number of esters is 2. The van der Waals surface area contributed by atoms with Crippen LogP contribution in [-0.2, 0) is 54.0 Å². The number of hydrogen-bond acceptors (Lipinski definition) is 13. The van der Waals surface area contributed by atoms with E-state index in [4.69, 9.17) is 33.2 Å². The number of carbonyl (C=O) groups is 4. The molecule has 2 aromatic rings. The molecule has 0 aliphatic carbocycles. The third-order valence-corrected chi connectivity index (χ3v) is 13.7. The van der Waals surface area contributed by atoms with Crippen LogP contribution in [0.1, 0.15) is 87.1 Å². The lowest BCUT2D eigenvalue weighted by Crippen LogP contribution is -2.61. The standard InChI is InChI=1S/C47H69N3O11/c1-12-37-47(9)41(49-45(54)61-47)28(4)38(52)26(2)23-46(8)42(60-44-40(58-31(7)51)36(50(10)11)22-27(3)57-44)29(5)39(30(6)43(53)59-37)55-24-34(25-56-46)48-21-20-33-18-15-17-32-16-13-14-19-35(32)33/h13-19,26-30,34,36-37,39-42,44,48H,12,20-25H2,1-11H3,(H,49,54)/t26-,27-,28+,29-,30-,34?,36+,37-,39+,40-,41+,42-,44+,46-,47-/m1/s1. The molecule has 0 spiro atoms. The molecule has 4 fully saturated rings. The van der Waals surface area contributed by atoms with E-state index in [1.807, 2.05) is 65.7 Å². The number of carbonyl (C=O) groups excluding carboxylic acids is 4. The number of nitrogens with one attached hydrogen (secondary N) is 2. The molecule has 1 unspecified atom stereocenters. The van der Waals surface area contributed by atoms with E-state index in [0.717, 1.165) is 6.42 Å². The van der Waals surface area contributed by atoms with E-state index in [2.05, 4.69) is 41.0 Å². The zero-order chi connectivity index (χ0) is 44.4. The summed E-state index contributed by atoms with van der Waals surface area (Å²) in [4.78, 5) is 56.7. The molecule has 1 amide bonds. The van der Waals surface area contributed by atoms with Gasteiger partial charge in [-0.2, -0.15) is 0 Å². The molecule has 4 heterocycles. The quantitative estimate of drug-likeness (QED) is 0.237. The van der Waals surface area contributed by atoms with Crippen LogP contribution in [0, 0.1) is 23.7 Å². The highest BCUT2D eigenvalue weighted by Crippen LogP contribution is 2.42. The average molecular weight is 852 g/mol. The fourth-order valence-electron chi connectivity index (χ4n) is 10.5. The Bertz CT molecular complexity index is 1870. The number of fused-ring (bicyclic) bond motifs is 5. The minimum absolute atomic E-state index is 0.115. The van der Waals surface area contributed by atoms with Crippen LogP contribution in [0.5, 0.6) is 0 Å². The highest BCUT2D eigenvalue weighted by atomic mass is 16.7. The molecular weight excluding hydrogens is 783 g/mol. The van der Waals surface area contributed by atoms with Crippen LogP contribution in [0.2, 0.25) is 0 Å². The zero-order valence-electron chi connectivity index (χ0n) is 37.9. The van der Waals surface area contributed by atoms with Gasteiger partial charge in [-0.1, -0.05) is 70.2 Å². The zero-order valence-corrected chi connectivity index (χ0v) is 37.9. The number of likely N-dealkylation sites (N-methyl/N-ethyl adjacent to an activating group) is 1. The third kappa shape index (κ3) is 10.1. The minimum atomic E-state index is -1.32. The van der Waals surface area contributed by atoms with Crippen molar-refractivity contribution in [2.24, 2.45) is 23.7 Å². The SMILES string of the molecule is CC[C@H]1OC(=O)[C@H](C)[C@H]2OCC(NCCc3cccc4ccccc34)CO[C@](C)(C[C@@H](C)C(=O)[C@H](C)[C@@H]3NC(=O)O[C@]13C)[C@H](O[C@@H]1O[C@H](C)C[C@H](N(C)C)[C@H]1OC(C)=O)[C@@H]2C. The summed E-state index contributed by atoms with van der Waals surface area (Å²) < 4.78 is 45.8. The summed E-state index contributed by atoms with van der Waals surface area (Å²) in [7, 11) is 3.86. The molecule has 2 N–H and O–H groups in total. The first-order valence-corrected chi connectivity index (χ1v) is 22.2. The van der Waals surface area contributed by atoms with Crippen molar-refractivity contribution < 1.29 is 52.3 Å². The lowest BCUT2D eigenvalue weighted by atomic mass is 9.73. The fourth-order valence-corrected chi connectivity index (χ4v) is 10.5. The monoisotopic (exact) mass is 851 g/mol. The van der Waals surface area contributed by atoms with Crippen molar-refractivity contribution in [2.75, 3.05) is 33.9 Å². The molecule has 61 heavy (non-hydrogen) atoms. The van der Waals surface area contributed by atoms with Gasteiger partial charge in [0, 0.05) is 24.7 Å². The summed E-state index contributed by atoms with van der Waals surface area (Å²) in [5.41, 5.74) is -1.29. The van der Waals surface area contributed by atoms with Crippen LogP contribution < -0.4 is 10.6 Å². The van der Waals surface area contributed by atoms with Crippen LogP contribution in [0.3, 0.4) is 0 Å². The molecule has 14 nitrogen and oxygen atoms in total. The normalized spacial score (nSPS) is 39.0. The van der Waals surface area contributed by atoms with E-state index >= 15 is 0 Å². The van der Waals surface area contributed by atoms with Crippen LogP contribution in [0.25, 0.3) is 10.8 Å². The molecule has 0 aromatic heterocycles. The number of Topliss-reactive ketones (excluding diaryl/α,β-unsaturated/α-hetero) is 1. The Hall–Kier alpha value is -3.66. The number of benzene rings is 2. The predicted octanol–water partition coefficient (Wildman–Crippen LogP) is 5.60. The molecular formula is C47H69N3O11. The van der Waals surface area contributed by atoms with Gasteiger partial charge in [0.1, 0.15) is 11.9 Å². The highest BCUT2D eigenvalue weighted by Gasteiger charge is 2.58. The molecule has 4 aliphatic heterocycles. The van der Waals surface area contributed by atoms with Gasteiger partial charge in [-0.25, -0.2) is 4.79 Å². The number of amides is 1. The third-order valence-electron chi connectivity index (χ3n) is 13.7. The summed E-state index contributed by atoms with van der Waals surface area (Å²) >= 11 is 0. The predicted molar refractivity (Wildman–Crippen MR) is 229 cm³/mol. The Balaban J connectivity index is 1.41. The Morgan fingerprint density at radius 1 is 0.984 bits per heavy atom. The van der Waals surface area contributed by atoms with Crippen molar-refractivity contribution in [3.8, 4) is 0 Å². The van der Waals surface area contributed by atoms with Crippen molar-refractivity contribution in [2.45, 2.75) is 154 Å². The van der Waals surface area contributed by atoms with E-state index in [-0.39, 0.29) is 43.6 Å². The molecule has 14 heteroatoms. The van der Waals surface area contributed by atoms with Crippen molar-refractivity contribution in [1.82, 2.24) is 15.5 Å².